The average Bonchev–Trinajstić information content (AvgIpc) is 2.33. The summed E-state index contributed by atoms with van der Waals surface area (Å²) in [5, 5.41) is 10.2. The molecule has 1 aromatic rings. The van der Waals surface area contributed by atoms with Crippen molar-refractivity contribution >= 4 is 11.8 Å². The number of carbonyl (C=O) groups excluding carboxylic acids is 2. The van der Waals surface area contributed by atoms with Crippen LogP contribution in [0.3, 0.4) is 0 Å². The lowest BCUT2D eigenvalue weighted by Gasteiger charge is -2.35. The highest BCUT2D eigenvalue weighted by Crippen LogP contribution is 2.32. The molecule has 1 N–H and O–H groups in total. The normalized spacial score (nSPS) is 20.1. The number of β-amino-alcohol motifs (C(OH)–C–C–N with tert-alkyl or cyclic N) is 1. The molecule has 1 heterocycles. The number of likely N-dealkylation sites (tertiary alicyclic amines) is 1. The maximum absolute atomic E-state index is 12.0. The van der Waals surface area contributed by atoms with Gasteiger partial charge in [-0.15, -0.1) is 0 Å². The molecule has 4 heteroatoms. The minimum Gasteiger partial charge on any atom is -0.387 e. The number of nitrogens with zero attached hydrogens (tertiary/aromatic N) is 1. The molecule has 1 aromatic carbocycles. The number of aliphatic hydroxyl groups excluding tert-OH is 1. The second-order valence-corrected chi connectivity index (χ2v) is 6.34. The summed E-state index contributed by atoms with van der Waals surface area (Å²) in [7, 11) is 0. The molecule has 0 aliphatic carbocycles. The van der Waals surface area contributed by atoms with Crippen LogP contribution in [0.5, 0.6) is 0 Å². The molecule has 0 spiro atoms. The minimum atomic E-state index is -0.829. The van der Waals surface area contributed by atoms with Crippen LogP contribution in [0.15, 0.2) is 24.3 Å². The zero-order chi connectivity index (χ0) is 14.9. The maximum Gasteiger partial charge on any atom is 0.229 e. The van der Waals surface area contributed by atoms with Crippen molar-refractivity contribution in [2.24, 2.45) is 5.41 Å². The zero-order valence-electron chi connectivity index (χ0n) is 12.2. The first-order valence-electron chi connectivity index (χ1n) is 6.86. The van der Waals surface area contributed by atoms with Gasteiger partial charge in [0, 0.05) is 12.8 Å². The number of piperidine rings is 1. The van der Waals surface area contributed by atoms with Crippen molar-refractivity contribution < 1.29 is 14.7 Å². The van der Waals surface area contributed by atoms with Crippen LogP contribution in [0.25, 0.3) is 0 Å². The lowest BCUT2D eigenvalue weighted by atomic mass is 9.81. The second kappa shape index (κ2) is 5.37. The number of aliphatic hydroxyl groups is 1. The van der Waals surface area contributed by atoms with E-state index in [1.165, 1.54) is 4.90 Å². The average molecular weight is 275 g/mol. The molecule has 1 aliphatic rings. The van der Waals surface area contributed by atoms with Gasteiger partial charge in [0.25, 0.3) is 0 Å². The zero-order valence-corrected chi connectivity index (χ0v) is 12.2. The first-order valence-corrected chi connectivity index (χ1v) is 6.86. The number of hydrogen-bond acceptors (Lipinski definition) is 3. The Morgan fingerprint density at radius 2 is 1.65 bits per heavy atom. The van der Waals surface area contributed by atoms with Gasteiger partial charge in [0.2, 0.25) is 11.8 Å². The quantitative estimate of drug-likeness (QED) is 0.860. The number of benzene rings is 1. The third-order valence-electron chi connectivity index (χ3n) is 3.68. The molecule has 0 bridgehead atoms. The van der Waals surface area contributed by atoms with Gasteiger partial charge < -0.3 is 5.11 Å². The Kier molecular flexibility index (Phi) is 3.95. The van der Waals surface area contributed by atoms with E-state index >= 15 is 0 Å². The lowest BCUT2D eigenvalue weighted by Crippen LogP contribution is -2.47. The predicted octanol–water partition coefficient (Wildman–Crippen LogP) is 2.20. The van der Waals surface area contributed by atoms with Crippen LogP contribution in [0, 0.1) is 12.3 Å². The molecule has 0 radical (unpaired) electrons. The Balaban J connectivity index is 2.07. The Labute approximate surface area is 119 Å². The number of amides is 2. The standard InChI is InChI=1S/C16H21NO3/c1-11-4-6-12(7-5-11)13(18)10-17-14(19)8-16(2,3)9-15(17)20/h4-7,13,18H,8-10H2,1-3H3. The maximum atomic E-state index is 12.0. The van der Waals surface area contributed by atoms with Gasteiger partial charge in [0.15, 0.2) is 0 Å². The van der Waals surface area contributed by atoms with E-state index in [9.17, 15) is 14.7 Å². The Bertz CT molecular complexity index is 499. The molecule has 1 atom stereocenters. The van der Waals surface area contributed by atoms with Crippen LogP contribution >= 0.6 is 0 Å². The SMILES string of the molecule is Cc1ccc(C(O)CN2C(=O)CC(C)(C)CC2=O)cc1. The molecule has 1 unspecified atom stereocenters. The summed E-state index contributed by atoms with van der Waals surface area (Å²) in [5.41, 5.74) is 1.55. The monoisotopic (exact) mass is 275 g/mol. The van der Waals surface area contributed by atoms with Crippen LogP contribution in [0.1, 0.15) is 43.9 Å². The van der Waals surface area contributed by atoms with Gasteiger partial charge in [0.05, 0.1) is 12.6 Å². The van der Waals surface area contributed by atoms with Crippen LogP contribution in [0.4, 0.5) is 0 Å². The number of rotatable bonds is 3. The highest BCUT2D eigenvalue weighted by molar-refractivity contribution is 5.98. The van der Waals surface area contributed by atoms with Gasteiger partial charge >= 0.3 is 0 Å². The van der Waals surface area contributed by atoms with E-state index in [0.717, 1.165) is 11.1 Å². The van der Waals surface area contributed by atoms with Gasteiger partial charge in [0.1, 0.15) is 0 Å². The van der Waals surface area contributed by atoms with Gasteiger partial charge in [-0.2, -0.15) is 0 Å². The highest BCUT2D eigenvalue weighted by atomic mass is 16.3. The smallest absolute Gasteiger partial charge is 0.229 e. The number of imide groups is 1. The summed E-state index contributed by atoms with van der Waals surface area (Å²) in [6, 6.07) is 7.45. The molecular formula is C16H21NO3. The summed E-state index contributed by atoms with van der Waals surface area (Å²) in [6.45, 7) is 5.83. The van der Waals surface area contributed by atoms with Crippen molar-refractivity contribution in [2.75, 3.05) is 6.54 Å². The summed E-state index contributed by atoms with van der Waals surface area (Å²) in [4.78, 5) is 25.3. The first kappa shape index (κ1) is 14.7. The molecule has 2 amide bonds. The van der Waals surface area contributed by atoms with E-state index in [1.807, 2.05) is 45.0 Å². The summed E-state index contributed by atoms with van der Waals surface area (Å²) in [6.07, 6.45) is -0.136. The van der Waals surface area contributed by atoms with E-state index in [1.54, 1.807) is 0 Å². The van der Waals surface area contributed by atoms with Crippen LogP contribution in [0.2, 0.25) is 0 Å². The Hall–Kier alpha value is -1.68. The molecule has 20 heavy (non-hydrogen) atoms. The van der Waals surface area contributed by atoms with E-state index in [0.29, 0.717) is 12.8 Å². The number of hydrogen-bond donors (Lipinski definition) is 1. The van der Waals surface area contributed by atoms with Gasteiger partial charge in [-0.05, 0) is 17.9 Å². The van der Waals surface area contributed by atoms with Crippen molar-refractivity contribution in [2.45, 2.75) is 39.7 Å². The van der Waals surface area contributed by atoms with Gasteiger partial charge in [-0.1, -0.05) is 43.7 Å². The molecule has 0 aromatic heterocycles. The largest absolute Gasteiger partial charge is 0.387 e. The third kappa shape index (κ3) is 3.25. The Morgan fingerprint density at radius 1 is 1.15 bits per heavy atom. The fraction of sp³-hybridized carbons (Fsp3) is 0.500. The molecule has 108 valence electrons. The van der Waals surface area contributed by atoms with Gasteiger partial charge in [-0.3, -0.25) is 14.5 Å². The van der Waals surface area contributed by atoms with Crippen molar-refractivity contribution in [3.63, 3.8) is 0 Å². The minimum absolute atomic E-state index is 0.0385. The number of carbonyl (C=O) groups is 2. The molecule has 2 rings (SSSR count). The predicted molar refractivity (Wildman–Crippen MR) is 75.9 cm³/mol. The van der Waals surface area contributed by atoms with Crippen molar-refractivity contribution in [3.05, 3.63) is 35.4 Å². The van der Waals surface area contributed by atoms with Crippen LogP contribution in [-0.2, 0) is 9.59 Å². The third-order valence-corrected chi connectivity index (χ3v) is 3.68. The summed E-state index contributed by atoms with van der Waals surface area (Å²) in [5.74, 6) is -0.394. The Morgan fingerprint density at radius 3 is 2.15 bits per heavy atom. The van der Waals surface area contributed by atoms with E-state index in [4.69, 9.17) is 0 Å². The fourth-order valence-corrected chi connectivity index (χ4v) is 2.48. The topological polar surface area (TPSA) is 57.6 Å². The van der Waals surface area contributed by atoms with E-state index in [-0.39, 0.29) is 23.8 Å². The molecular weight excluding hydrogens is 254 g/mol. The van der Waals surface area contributed by atoms with Crippen molar-refractivity contribution in [3.8, 4) is 0 Å². The molecule has 1 aliphatic heterocycles. The summed E-state index contributed by atoms with van der Waals surface area (Å²) < 4.78 is 0. The molecule has 1 fully saturated rings. The van der Waals surface area contributed by atoms with Crippen LogP contribution in [-0.4, -0.2) is 28.4 Å². The number of aryl methyl sites for hydroxylation is 1. The first-order chi connectivity index (χ1) is 9.28. The highest BCUT2D eigenvalue weighted by Gasteiger charge is 2.38. The van der Waals surface area contributed by atoms with E-state index < -0.39 is 6.10 Å². The second-order valence-electron chi connectivity index (χ2n) is 6.34. The molecule has 1 saturated heterocycles. The molecule has 0 saturated carbocycles. The van der Waals surface area contributed by atoms with Gasteiger partial charge in [-0.25, -0.2) is 0 Å². The lowest BCUT2D eigenvalue weighted by molar-refractivity contribution is -0.154. The molecule has 4 nitrogen and oxygen atoms in total. The van der Waals surface area contributed by atoms with Crippen LogP contribution < -0.4 is 0 Å². The van der Waals surface area contributed by atoms with E-state index in [2.05, 4.69) is 0 Å². The summed E-state index contributed by atoms with van der Waals surface area (Å²) >= 11 is 0. The van der Waals surface area contributed by atoms with Crippen molar-refractivity contribution in [1.29, 1.82) is 0 Å². The van der Waals surface area contributed by atoms with Crippen molar-refractivity contribution in [1.82, 2.24) is 4.90 Å². The fourth-order valence-electron chi connectivity index (χ4n) is 2.48.